The van der Waals surface area contributed by atoms with E-state index in [0.29, 0.717) is 24.4 Å². The highest BCUT2D eigenvalue weighted by Crippen LogP contribution is 2.07. The van der Waals surface area contributed by atoms with Crippen LogP contribution in [-0.4, -0.2) is 53.8 Å². The summed E-state index contributed by atoms with van der Waals surface area (Å²) in [5.41, 5.74) is 0.809. The Labute approximate surface area is 119 Å². The number of hydrogen-bond donors (Lipinski definition) is 1. The van der Waals surface area contributed by atoms with Crippen LogP contribution in [0.15, 0.2) is 18.3 Å². The zero-order valence-corrected chi connectivity index (χ0v) is 12.1. The maximum Gasteiger partial charge on any atom is 0.273 e. The van der Waals surface area contributed by atoms with E-state index in [1.54, 1.807) is 30.3 Å². The van der Waals surface area contributed by atoms with Gasteiger partial charge in [-0.2, -0.15) is 0 Å². The predicted octanol–water partition coefficient (Wildman–Crippen LogP) is 0.922. The third-order valence-corrected chi connectivity index (χ3v) is 2.54. The second-order valence-electron chi connectivity index (χ2n) is 4.51. The summed E-state index contributed by atoms with van der Waals surface area (Å²) in [6.07, 6.45) is 1.69. The molecule has 0 aliphatic heterocycles. The lowest BCUT2D eigenvalue weighted by Crippen LogP contribution is -2.31. The topological polar surface area (TPSA) is 62.7 Å². The summed E-state index contributed by atoms with van der Waals surface area (Å²) >= 11 is 0. The molecule has 0 aliphatic rings. The fraction of sp³-hybridized carbons (Fsp3) is 0.467. The van der Waals surface area contributed by atoms with Gasteiger partial charge in [0.05, 0.1) is 18.3 Å². The fourth-order valence-electron chi connectivity index (χ4n) is 1.52. The van der Waals surface area contributed by atoms with Gasteiger partial charge >= 0.3 is 0 Å². The molecule has 0 saturated carbocycles. The minimum Gasteiger partial charge on any atom is -0.384 e. The molecule has 108 valence electrons. The van der Waals surface area contributed by atoms with E-state index in [-0.39, 0.29) is 18.6 Å². The number of aliphatic hydroxyl groups excluding tert-OH is 1. The van der Waals surface area contributed by atoms with E-state index in [2.05, 4.69) is 16.8 Å². The van der Waals surface area contributed by atoms with Gasteiger partial charge in [0.25, 0.3) is 5.91 Å². The van der Waals surface area contributed by atoms with Crippen molar-refractivity contribution < 1.29 is 14.6 Å². The van der Waals surface area contributed by atoms with Crippen molar-refractivity contribution in [1.29, 1.82) is 0 Å². The highest BCUT2D eigenvalue weighted by molar-refractivity contribution is 5.94. The number of ether oxygens (including phenoxy) is 1. The SMILES string of the molecule is CC(C)OCCN(C)C(=O)c1ncccc1C#CCO. The third kappa shape index (κ3) is 5.00. The van der Waals surface area contributed by atoms with Crippen LogP contribution in [-0.2, 0) is 4.74 Å². The van der Waals surface area contributed by atoms with Crippen molar-refractivity contribution in [2.24, 2.45) is 0 Å². The maximum atomic E-state index is 12.3. The van der Waals surface area contributed by atoms with Gasteiger partial charge < -0.3 is 14.7 Å². The molecule has 5 heteroatoms. The minimum absolute atomic E-state index is 0.138. The summed E-state index contributed by atoms with van der Waals surface area (Å²) in [4.78, 5) is 17.9. The average Bonchev–Trinajstić information content (AvgIpc) is 2.44. The maximum absolute atomic E-state index is 12.3. The number of hydrogen-bond acceptors (Lipinski definition) is 4. The number of amides is 1. The summed E-state index contributed by atoms with van der Waals surface area (Å²) < 4.78 is 5.42. The predicted molar refractivity (Wildman–Crippen MR) is 76.2 cm³/mol. The molecule has 0 atom stereocenters. The number of carbonyl (C=O) groups is 1. The van der Waals surface area contributed by atoms with Gasteiger partial charge in [-0.15, -0.1) is 0 Å². The van der Waals surface area contributed by atoms with Crippen LogP contribution in [0.5, 0.6) is 0 Å². The van der Waals surface area contributed by atoms with E-state index in [0.717, 1.165) is 0 Å². The molecule has 5 nitrogen and oxygen atoms in total. The van der Waals surface area contributed by atoms with Crippen LogP contribution in [0.25, 0.3) is 0 Å². The van der Waals surface area contributed by atoms with Crippen LogP contribution < -0.4 is 0 Å². The van der Waals surface area contributed by atoms with E-state index < -0.39 is 0 Å². The van der Waals surface area contributed by atoms with Gasteiger partial charge in [-0.25, -0.2) is 4.98 Å². The molecule has 0 unspecified atom stereocenters. The van der Waals surface area contributed by atoms with Gasteiger partial charge in [0.15, 0.2) is 0 Å². The Bertz CT molecular complexity index is 503. The highest BCUT2D eigenvalue weighted by Gasteiger charge is 2.16. The summed E-state index contributed by atoms with van der Waals surface area (Å²) in [5, 5.41) is 8.73. The van der Waals surface area contributed by atoms with Crippen molar-refractivity contribution in [2.45, 2.75) is 20.0 Å². The number of aromatic nitrogens is 1. The molecule has 1 heterocycles. The van der Waals surface area contributed by atoms with Gasteiger partial charge in [0.1, 0.15) is 12.3 Å². The molecule has 0 aliphatic carbocycles. The average molecular weight is 276 g/mol. The number of pyridine rings is 1. The first-order valence-electron chi connectivity index (χ1n) is 6.48. The first-order valence-corrected chi connectivity index (χ1v) is 6.48. The standard InChI is InChI=1S/C15H20N2O3/c1-12(2)20-11-9-17(3)15(19)14-13(7-5-10-18)6-4-8-16-14/h4,6,8,12,18H,9-11H2,1-3H3. The van der Waals surface area contributed by atoms with Crippen LogP contribution in [0.1, 0.15) is 29.9 Å². The van der Waals surface area contributed by atoms with Crippen molar-refractivity contribution in [3.8, 4) is 11.8 Å². The Kier molecular flexibility index (Phi) is 6.71. The van der Waals surface area contributed by atoms with Crippen molar-refractivity contribution >= 4 is 5.91 Å². The first-order chi connectivity index (χ1) is 9.56. The number of carbonyl (C=O) groups excluding carboxylic acids is 1. The lowest BCUT2D eigenvalue weighted by Gasteiger charge is -2.18. The lowest BCUT2D eigenvalue weighted by molar-refractivity contribution is 0.0529. The Morgan fingerprint density at radius 1 is 1.55 bits per heavy atom. The van der Waals surface area contributed by atoms with Crippen LogP contribution in [0.3, 0.4) is 0 Å². The molecular formula is C15H20N2O3. The quantitative estimate of drug-likeness (QED) is 0.812. The van der Waals surface area contributed by atoms with E-state index in [4.69, 9.17) is 9.84 Å². The van der Waals surface area contributed by atoms with Crippen molar-refractivity contribution in [1.82, 2.24) is 9.88 Å². The monoisotopic (exact) mass is 276 g/mol. The molecule has 0 radical (unpaired) electrons. The number of rotatable bonds is 5. The lowest BCUT2D eigenvalue weighted by atomic mass is 10.2. The minimum atomic E-state index is -0.249. The molecule has 1 aromatic rings. The van der Waals surface area contributed by atoms with Gasteiger partial charge in [-0.05, 0) is 26.0 Å². The Morgan fingerprint density at radius 2 is 2.30 bits per heavy atom. The smallest absolute Gasteiger partial charge is 0.273 e. The number of likely N-dealkylation sites (N-methyl/N-ethyl adjacent to an activating group) is 1. The molecule has 1 aromatic heterocycles. The Morgan fingerprint density at radius 3 is 2.95 bits per heavy atom. The van der Waals surface area contributed by atoms with Crippen LogP contribution in [0.2, 0.25) is 0 Å². The van der Waals surface area contributed by atoms with Crippen molar-refractivity contribution in [2.75, 3.05) is 26.8 Å². The summed E-state index contributed by atoms with van der Waals surface area (Å²) in [6, 6.07) is 3.42. The third-order valence-electron chi connectivity index (χ3n) is 2.54. The normalized spacial score (nSPS) is 10.1. The van der Waals surface area contributed by atoms with E-state index >= 15 is 0 Å². The second-order valence-corrected chi connectivity index (χ2v) is 4.51. The van der Waals surface area contributed by atoms with Gasteiger partial charge in [-0.3, -0.25) is 4.79 Å². The highest BCUT2D eigenvalue weighted by atomic mass is 16.5. The Balaban J connectivity index is 2.76. The Hall–Kier alpha value is -1.90. The van der Waals surface area contributed by atoms with Crippen molar-refractivity contribution in [3.05, 3.63) is 29.6 Å². The zero-order valence-electron chi connectivity index (χ0n) is 12.1. The molecule has 0 bridgehead atoms. The molecule has 0 spiro atoms. The summed E-state index contributed by atoms with van der Waals surface area (Å²) in [5.74, 6) is 5.05. The zero-order chi connectivity index (χ0) is 15.0. The van der Waals surface area contributed by atoms with Crippen LogP contribution in [0.4, 0.5) is 0 Å². The molecule has 0 aromatic carbocycles. The summed E-state index contributed by atoms with van der Waals surface area (Å²) in [7, 11) is 1.70. The van der Waals surface area contributed by atoms with Gasteiger partial charge in [0.2, 0.25) is 0 Å². The van der Waals surface area contributed by atoms with E-state index in [9.17, 15) is 4.79 Å². The molecular weight excluding hydrogens is 256 g/mol. The van der Waals surface area contributed by atoms with E-state index in [1.807, 2.05) is 13.8 Å². The van der Waals surface area contributed by atoms with Crippen LogP contribution in [0, 0.1) is 11.8 Å². The molecule has 1 amide bonds. The molecule has 1 N–H and O–H groups in total. The second kappa shape index (κ2) is 8.31. The summed E-state index contributed by atoms with van der Waals surface area (Å²) in [6.45, 7) is 4.61. The van der Waals surface area contributed by atoms with E-state index in [1.165, 1.54) is 0 Å². The first kappa shape index (κ1) is 16.2. The molecule has 0 saturated heterocycles. The molecule has 1 rings (SSSR count). The number of aliphatic hydroxyl groups is 1. The molecule has 0 fully saturated rings. The van der Waals surface area contributed by atoms with Crippen LogP contribution >= 0.6 is 0 Å². The van der Waals surface area contributed by atoms with Crippen molar-refractivity contribution in [3.63, 3.8) is 0 Å². The number of nitrogens with zero attached hydrogens (tertiary/aromatic N) is 2. The van der Waals surface area contributed by atoms with Gasteiger partial charge in [0, 0.05) is 19.8 Å². The molecule has 20 heavy (non-hydrogen) atoms. The largest absolute Gasteiger partial charge is 0.384 e. The fourth-order valence-corrected chi connectivity index (χ4v) is 1.52. The van der Waals surface area contributed by atoms with Gasteiger partial charge in [-0.1, -0.05) is 11.8 Å².